The van der Waals surface area contributed by atoms with Gasteiger partial charge in [0.15, 0.2) is 0 Å². The number of carboxylic acids is 1. The highest BCUT2D eigenvalue weighted by Crippen LogP contribution is 2.20. The number of nitrogens with one attached hydrogen (secondary N) is 1. The molecule has 108 valence electrons. The summed E-state index contributed by atoms with van der Waals surface area (Å²) in [7, 11) is 1.77. The van der Waals surface area contributed by atoms with Gasteiger partial charge in [0, 0.05) is 29.9 Å². The zero-order valence-corrected chi connectivity index (χ0v) is 11.8. The number of amides is 1. The van der Waals surface area contributed by atoms with Crippen molar-refractivity contribution < 1.29 is 14.7 Å². The average molecular weight is 306 g/mol. The van der Waals surface area contributed by atoms with Crippen LogP contribution < -0.4 is 5.32 Å². The summed E-state index contributed by atoms with van der Waals surface area (Å²) in [6.45, 7) is 0. The van der Waals surface area contributed by atoms with Crippen molar-refractivity contribution in [3.8, 4) is 0 Å². The van der Waals surface area contributed by atoms with E-state index in [9.17, 15) is 9.59 Å². The molecule has 1 heterocycles. The van der Waals surface area contributed by atoms with Crippen LogP contribution in [0.4, 0.5) is 5.69 Å². The van der Waals surface area contributed by atoms with Gasteiger partial charge in [0.25, 0.3) is 0 Å². The number of aromatic nitrogens is 2. The smallest absolute Gasteiger partial charge is 0.337 e. The van der Waals surface area contributed by atoms with E-state index in [1.807, 2.05) is 0 Å². The summed E-state index contributed by atoms with van der Waals surface area (Å²) in [5.41, 5.74) is 0.889. The fraction of sp³-hybridized carbons (Fsp3) is 0.0714. The van der Waals surface area contributed by atoms with Gasteiger partial charge in [-0.1, -0.05) is 11.6 Å². The largest absolute Gasteiger partial charge is 0.478 e. The quantitative estimate of drug-likeness (QED) is 0.850. The minimum absolute atomic E-state index is 0.0642. The Morgan fingerprint density at radius 2 is 2.19 bits per heavy atom. The fourth-order valence-corrected chi connectivity index (χ4v) is 1.85. The summed E-state index contributed by atoms with van der Waals surface area (Å²) in [6.07, 6.45) is 6.24. The molecule has 0 bridgehead atoms. The highest BCUT2D eigenvalue weighted by atomic mass is 35.5. The number of carbonyl (C=O) groups is 2. The fourth-order valence-electron chi connectivity index (χ4n) is 1.67. The molecule has 0 atom stereocenters. The zero-order valence-electron chi connectivity index (χ0n) is 11.1. The molecule has 1 aromatic carbocycles. The van der Waals surface area contributed by atoms with Gasteiger partial charge in [0.1, 0.15) is 0 Å². The molecule has 6 nitrogen and oxygen atoms in total. The molecular weight excluding hydrogens is 294 g/mol. The first-order valence-electron chi connectivity index (χ1n) is 5.96. The predicted octanol–water partition coefficient (Wildman–Crippen LogP) is 2.42. The van der Waals surface area contributed by atoms with Crippen molar-refractivity contribution in [2.24, 2.45) is 7.05 Å². The third-order valence-electron chi connectivity index (χ3n) is 2.62. The molecule has 0 aliphatic heterocycles. The zero-order chi connectivity index (χ0) is 15.4. The maximum atomic E-state index is 11.8. The Bertz CT molecular complexity index is 722. The van der Waals surface area contributed by atoms with Crippen LogP contribution in [0.1, 0.15) is 15.9 Å². The van der Waals surface area contributed by atoms with Gasteiger partial charge in [0.05, 0.1) is 17.4 Å². The molecule has 0 saturated carbocycles. The van der Waals surface area contributed by atoms with Gasteiger partial charge >= 0.3 is 5.97 Å². The van der Waals surface area contributed by atoms with Crippen molar-refractivity contribution in [2.75, 3.05) is 5.32 Å². The van der Waals surface area contributed by atoms with Crippen molar-refractivity contribution in [1.29, 1.82) is 0 Å². The number of halogens is 1. The van der Waals surface area contributed by atoms with Crippen molar-refractivity contribution in [2.45, 2.75) is 0 Å². The van der Waals surface area contributed by atoms with Crippen molar-refractivity contribution in [1.82, 2.24) is 9.78 Å². The Hall–Kier alpha value is -2.60. The van der Waals surface area contributed by atoms with E-state index in [1.165, 1.54) is 24.3 Å². The summed E-state index contributed by atoms with van der Waals surface area (Å²) in [5, 5.41) is 15.8. The molecule has 0 fully saturated rings. The summed E-state index contributed by atoms with van der Waals surface area (Å²) in [6, 6.07) is 4.24. The number of carbonyl (C=O) groups excluding carboxylic acids is 1. The van der Waals surface area contributed by atoms with E-state index >= 15 is 0 Å². The van der Waals surface area contributed by atoms with Crippen LogP contribution in [0.3, 0.4) is 0 Å². The first kappa shape index (κ1) is 14.8. The van der Waals surface area contributed by atoms with Crippen molar-refractivity contribution in [3.05, 3.63) is 52.8 Å². The monoisotopic (exact) mass is 305 g/mol. The van der Waals surface area contributed by atoms with Gasteiger partial charge in [-0.3, -0.25) is 9.48 Å². The third kappa shape index (κ3) is 3.93. The second-order valence-corrected chi connectivity index (χ2v) is 4.70. The van der Waals surface area contributed by atoms with Crippen LogP contribution in [0.5, 0.6) is 0 Å². The second kappa shape index (κ2) is 6.23. The standard InChI is InChI=1S/C14H12ClN3O3/c1-18-8-9(7-16-18)2-5-13(19)17-12-4-3-10(15)6-11(12)14(20)21/h2-8H,1H3,(H,17,19)(H,20,21)/b5-2+. The Morgan fingerprint density at radius 1 is 1.43 bits per heavy atom. The Kier molecular flexibility index (Phi) is 4.39. The van der Waals surface area contributed by atoms with E-state index in [0.29, 0.717) is 0 Å². The summed E-state index contributed by atoms with van der Waals surface area (Å²) < 4.78 is 1.61. The molecule has 0 saturated heterocycles. The number of nitrogens with zero attached hydrogens (tertiary/aromatic N) is 2. The van der Waals surface area contributed by atoms with Crippen molar-refractivity contribution in [3.63, 3.8) is 0 Å². The van der Waals surface area contributed by atoms with Gasteiger partial charge in [-0.15, -0.1) is 0 Å². The van der Waals surface area contributed by atoms with E-state index in [1.54, 1.807) is 30.2 Å². The lowest BCUT2D eigenvalue weighted by atomic mass is 10.2. The molecule has 1 aromatic heterocycles. The van der Waals surface area contributed by atoms with Crippen molar-refractivity contribution >= 4 is 35.2 Å². The summed E-state index contributed by atoms with van der Waals surface area (Å²) in [4.78, 5) is 22.9. The van der Waals surface area contributed by atoms with E-state index in [0.717, 1.165) is 5.56 Å². The van der Waals surface area contributed by atoms with E-state index in [2.05, 4.69) is 10.4 Å². The maximum absolute atomic E-state index is 11.8. The summed E-state index contributed by atoms with van der Waals surface area (Å²) in [5.74, 6) is -1.60. The Balaban J connectivity index is 2.13. The molecule has 21 heavy (non-hydrogen) atoms. The normalized spacial score (nSPS) is 10.8. The van der Waals surface area contributed by atoms with Crippen LogP contribution >= 0.6 is 11.6 Å². The second-order valence-electron chi connectivity index (χ2n) is 4.26. The lowest BCUT2D eigenvalue weighted by Crippen LogP contribution is -2.11. The molecule has 2 N–H and O–H groups in total. The Labute approximate surface area is 125 Å². The Morgan fingerprint density at radius 3 is 2.81 bits per heavy atom. The average Bonchev–Trinajstić information content (AvgIpc) is 2.84. The van der Waals surface area contributed by atoms with Crippen LogP contribution in [-0.4, -0.2) is 26.8 Å². The summed E-state index contributed by atoms with van der Waals surface area (Å²) >= 11 is 5.74. The third-order valence-corrected chi connectivity index (χ3v) is 2.86. The highest BCUT2D eigenvalue weighted by Gasteiger charge is 2.12. The molecule has 0 unspecified atom stereocenters. The molecule has 0 spiro atoms. The van der Waals surface area contributed by atoms with Gasteiger partial charge in [0.2, 0.25) is 5.91 Å². The number of hydrogen-bond donors (Lipinski definition) is 2. The number of aromatic carboxylic acids is 1. The van der Waals surface area contributed by atoms with Crippen LogP contribution in [0.2, 0.25) is 5.02 Å². The van der Waals surface area contributed by atoms with E-state index in [-0.39, 0.29) is 16.3 Å². The highest BCUT2D eigenvalue weighted by molar-refractivity contribution is 6.31. The lowest BCUT2D eigenvalue weighted by molar-refractivity contribution is -0.111. The molecule has 2 aromatic rings. The van der Waals surface area contributed by atoms with Gasteiger partial charge in [-0.05, 0) is 24.3 Å². The van der Waals surface area contributed by atoms with Crippen LogP contribution in [0.15, 0.2) is 36.7 Å². The molecule has 2 rings (SSSR count). The molecule has 0 radical (unpaired) electrons. The van der Waals surface area contributed by atoms with Crippen LogP contribution in [0, 0.1) is 0 Å². The molecular formula is C14H12ClN3O3. The number of anilines is 1. The minimum atomic E-state index is -1.16. The molecule has 0 aliphatic carbocycles. The van der Waals surface area contributed by atoms with Gasteiger partial charge in [-0.2, -0.15) is 5.10 Å². The topological polar surface area (TPSA) is 84.2 Å². The minimum Gasteiger partial charge on any atom is -0.478 e. The number of hydrogen-bond acceptors (Lipinski definition) is 3. The molecule has 1 amide bonds. The number of carboxylic acid groups (broad SMARTS) is 1. The van der Waals surface area contributed by atoms with Gasteiger partial charge in [-0.25, -0.2) is 4.79 Å². The van der Waals surface area contributed by atoms with E-state index < -0.39 is 11.9 Å². The van der Waals surface area contributed by atoms with Crippen LogP contribution in [0.25, 0.3) is 6.08 Å². The van der Waals surface area contributed by atoms with Gasteiger partial charge < -0.3 is 10.4 Å². The predicted molar refractivity (Wildman–Crippen MR) is 79.3 cm³/mol. The number of benzene rings is 1. The lowest BCUT2D eigenvalue weighted by Gasteiger charge is -2.06. The van der Waals surface area contributed by atoms with Crippen LogP contribution in [-0.2, 0) is 11.8 Å². The molecule has 7 heteroatoms. The van der Waals surface area contributed by atoms with E-state index in [4.69, 9.17) is 16.7 Å². The molecule has 0 aliphatic rings. The maximum Gasteiger partial charge on any atom is 0.337 e. The number of aryl methyl sites for hydroxylation is 1. The first-order chi connectivity index (χ1) is 9.95. The first-order valence-corrected chi connectivity index (χ1v) is 6.34. The SMILES string of the molecule is Cn1cc(/C=C/C(=O)Nc2ccc(Cl)cc2C(=O)O)cn1. The number of rotatable bonds is 4.